The third-order valence-corrected chi connectivity index (χ3v) is 7.20. The van der Waals surface area contributed by atoms with E-state index in [9.17, 15) is 45.3 Å². The van der Waals surface area contributed by atoms with Crippen LogP contribution in [0.3, 0.4) is 0 Å². The highest BCUT2D eigenvalue weighted by molar-refractivity contribution is 6.51. The third-order valence-electron chi connectivity index (χ3n) is 7.20. The Morgan fingerprint density at radius 3 is 1.79 bits per heavy atom. The monoisotopic (exact) mass is 534 g/mol. The molecule has 0 amide bonds. The predicted molar refractivity (Wildman–Crippen MR) is 132 cm³/mol. The number of aromatic hydroxyl groups is 5. The van der Waals surface area contributed by atoms with Crippen molar-refractivity contribution >= 4 is 17.1 Å². The topological polar surface area (TPSA) is 194 Å². The zero-order chi connectivity index (χ0) is 27.7. The molecule has 2 aliphatic heterocycles. The number of carbonyl (C=O) groups excluding carboxylic acids is 2. The SMILES string of the molecule is O=C1C=C(C2Oc3cc(O)cc(O)c3C[C@H]2O)c2cc(C3Oc4cc(O)cc(O)c4C[C@H]3O)cc(O)c2C1=O. The largest absolute Gasteiger partial charge is 0.508 e. The second-order valence-corrected chi connectivity index (χ2v) is 9.76. The molecule has 0 saturated heterocycles. The summed E-state index contributed by atoms with van der Waals surface area (Å²) < 4.78 is 11.8. The second kappa shape index (κ2) is 8.65. The normalized spacial score (nSPS) is 23.6. The van der Waals surface area contributed by atoms with Crippen LogP contribution in [-0.4, -0.2) is 65.6 Å². The molecule has 0 aromatic heterocycles. The lowest BCUT2D eigenvalue weighted by Crippen LogP contribution is -2.40. The number of aliphatic hydroxyl groups excluding tert-OH is 2. The summed E-state index contributed by atoms with van der Waals surface area (Å²) in [5.74, 6) is -3.40. The molecule has 0 radical (unpaired) electrons. The van der Waals surface area contributed by atoms with E-state index in [1.54, 1.807) is 0 Å². The summed E-state index contributed by atoms with van der Waals surface area (Å²) in [6.45, 7) is 0. The van der Waals surface area contributed by atoms with Crippen molar-refractivity contribution in [3.63, 3.8) is 0 Å². The molecule has 3 aromatic rings. The van der Waals surface area contributed by atoms with Gasteiger partial charge in [0.25, 0.3) is 0 Å². The minimum absolute atomic E-state index is 0.0434. The summed E-state index contributed by atoms with van der Waals surface area (Å²) in [5.41, 5.74) is 0.546. The zero-order valence-corrected chi connectivity index (χ0v) is 20.0. The molecule has 2 heterocycles. The molecule has 11 heteroatoms. The fraction of sp³-hybridized carbons (Fsp3) is 0.214. The van der Waals surface area contributed by atoms with E-state index in [0.29, 0.717) is 0 Å². The molecule has 11 nitrogen and oxygen atoms in total. The summed E-state index contributed by atoms with van der Waals surface area (Å²) in [6, 6.07) is 7.34. The van der Waals surface area contributed by atoms with Gasteiger partial charge in [0.1, 0.15) is 46.4 Å². The van der Waals surface area contributed by atoms with Crippen molar-refractivity contribution in [3.05, 3.63) is 70.3 Å². The summed E-state index contributed by atoms with van der Waals surface area (Å²) in [4.78, 5) is 25.4. The van der Waals surface area contributed by atoms with Crippen molar-refractivity contribution in [2.45, 2.75) is 37.3 Å². The number of hydrogen-bond donors (Lipinski definition) is 7. The molecule has 0 saturated carbocycles. The van der Waals surface area contributed by atoms with E-state index in [-0.39, 0.29) is 80.7 Å². The molecule has 2 unspecified atom stereocenters. The van der Waals surface area contributed by atoms with E-state index >= 15 is 0 Å². The Balaban J connectivity index is 1.44. The number of phenols is 5. The van der Waals surface area contributed by atoms with Gasteiger partial charge in [-0.2, -0.15) is 0 Å². The van der Waals surface area contributed by atoms with E-state index in [2.05, 4.69) is 0 Å². The van der Waals surface area contributed by atoms with Gasteiger partial charge in [-0.3, -0.25) is 9.59 Å². The molecule has 6 rings (SSSR count). The minimum atomic E-state index is -1.28. The van der Waals surface area contributed by atoms with Crippen LogP contribution in [0.4, 0.5) is 0 Å². The van der Waals surface area contributed by atoms with Crippen LogP contribution in [0.1, 0.15) is 38.7 Å². The minimum Gasteiger partial charge on any atom is -0.508 e. The average molecular weight is 534 g/mol. The van der Waals surface area contributed by atoms with Crippen molar-refractivity contribution in [2.24, 2.45) is 0 Å². The number of ether oxygens (including phenoxy) is 2. The van der Waals surface area contributed by atoms with Crippen molar-refractivity contribution in [2.75, 3.05) is 0 Å². The van der Waals surface area contributed by atoms with Gasteiger partial charge in [-0.15, -0.1) is 0 Å². The maximum atomic E-state index is 12.8. The molecule has 0 bridgehead atoms. The third kappa shape index (κ3) is 3.90. The lowest BCUT2D eigenvalue weighted by atomic mass is 9.80. The van der Waals surface area contributed by atoms with Gasteiger partial charge >= 0.3 is 0 Å². The van der Waals surface area contributed by atoms with Crippen molar-refractivity contribution in [3.8, 4) is 40.2 Å². The van der Waals surface area contributed by atoms with Crippen LogP contribution in [0, 0.1) is 0 Å². The highest BCUT2D eigenvalue weighted by Crippen LogP contribution is 2.46. The molecule has 200 valence electrons. The van der Waals surface area contributed by atoms with Crippen LogP contribution in [0.15, 0.2) is 42.5 Å². The van der Waals surface area contributed by atoms with E-state index in [1.807, 2.05) is 0 Å². The molecule has 0 spiro atoms. The number of aliphatic hydroxyl groups is 2. The van der Waals surface area contributed by atoms with E-state index in [4.69, 9.17) is 9.47 Å². The van der Waals surface area contributed by atoms with Gasteiger partial charge in [0.2, 0.25) is 11.6 Å². The standard InChI is InChI=1S/C28H22O11/c29-11-3-17(31)15-8-21(35)27(38-23(15)5-11)10-1-13-14(7-20(34)26(37)25(13)19(33)2-10)28-22(36)9-16-18(32)4-12(30)6-24(16)39-28/h1-7,21-22,27-33,35-36H,8-9H2/t21-,22-,27?,28?/m1/s1. The maximum Gasteiger partial charge on any atom is 0.237 e. The summed E-state index contributed by atoms with van der Waals surface area (Å²) >= 11 is 0. The smallest absolute Gasteiger partial charge is 0.237 e. The van der Waals surface area contributed by atoms with Crippen molar-refractivity contribution in [1.82, 2.24) is 0 Å². The molecular formula is C28H22O11. The molecular weight excluding hydrogens is 512 g/mol. The van der Waals surface area contributed by atoms with Gasteiger partial charge in [0.15, 0.2) is 6.10 Å². The van der Waals surface area contributed by atoms with Crippen LogP contribution < -0.4 is 9.47 Å². The summed E-state index contributed by atoms with van der Waals surface area (Å²) in [7, 11) is 0. The fourth-order valence-corrected chi connectivity index (χ4v) is 5.40. The molecule has 4 atom stereocenters. The van der Waals surface area contributed by atoms with Gasteiger partial charge in [-0.25, -0.2) is 0 Å². The Hall–Kier alpha value is -4.74. The number of hydrogen-bond acceptors (Lipinski definition) is 11. The number of Topliss-reactive ketones (excluding diaryl/α,β-unsaturated/α-hetero) is 1. The maximum absolute atomic E-state index is 12.8. The highest BCUT2D eigenvalue weighted by Gasteiger charge is 2.41. The number of phenolic OH excluding ortho intramolecular Hbond substituents is 5. The van der Waals surface area contributed by atoms with Crippen LogP contribution >= 0.6 is 0 Å². The van der Waals surface area contributed by atoms with Crippen molar-refractivity contribution in [1.29, 1.82) is 0 Å². The quantitative estimate of drug-likeness (QED) is 0.237. The van der Waals surface area contributed by atoms with Crippen LogP contribution in [0.2, 0.25) is 0 Å². The number of carbonyl (C=O) groups is 2. The Morgan fingerprint density at radius 1 is 0.667 bits per heavy atom. The molecule has 0 fully saturated rings. The van der Waals surface area contributed by atoms with Gasteiger partial charge < -0.3 is 45.2 Å². The molecule has 1 aliphatic carbocycles. The van der Waals surface area contributed by atoms with Gasteiger partial charge in [-0.05, 0) is 29.3 Å². The zero-order valence-electron chi connectivity index (χ0n) is 20.0. The number of allylic oxidation sites excluding steroid dienone is 1. The average Bonchev–Trinajstić information content (AvgIpc) is 2.86. The van der Waals surface area contributed by atoms with Crippen LogP contribution in [0.25, 0.3) is 5.57 Å². The number of rotatable bonds is 2. The summed E-state index contributed by atoms with van der Waals surface area (Å²) in [5, 5.41) is 72.7. The first kappa shape index (κ1) is 24.6. The van der Waals surface area contributed by atoms with Gasteiger partial charge in [-0.1, -0.05) is 0 Å². The first-order valence-electron chi connectivity index (χ1n) is 12.0. The van der Waals surface area contributed by atoms with Gasteiger partial charge in [0, 0.05) is 53.8 Å². The number of benzene rings is 3. The van der Waals surface area contributed by atoms with E-state index < -0.39 is 41.7 Å². The Kier molecular flexibility index (Phi) is 5.45. The predicted octanol–water partition coefficient (Wildman–Crippen LogP) is 1.77. The Bertz CT molecular complexity index is 1610. The van der Waals surface area contributed by atoms with E-state index in [1.165, 1.54) is 24.3 Å². The van der Waals surface area contributed by atoms with E-state index in [0.717, 1.165) is 18.2 Å². The van der Waals surface area contributed by atoms with Crippen molar-refractivity contribution < 1.29 is 54.8 Å². The molecule has 3 aliphatic rings. The first-order chi connectivity index (χ1) is 18.5. The molecule has 39 heavy (non-hydrogen) atoms. The number of fused-ring (bicyclic) bond motifs is 3. The highest BCUT2D eigenvalue weighted by atomic mass is 16.5. The Morgan fingerprint density at radius 2 is 1.21 bits per heavy atom. The molecule has 3 aromatic carbocycles. The lowest BCUT2D eigenvalue weighted by Gasteiger charge is -2.35. The van der Waals surface area contributed by atoms with Crippen LogP contribution in [0.5, 0.6) is 40.2 Å². The first-order valence-corrected chi connectivity index (χ1v) is 12.0. The second-order valence-electron chi connectivity index (χ2n) is 9.76. The van der Waals surface area contributed by atoms with Gasteiger partial charge in [0.05, 0.1) is 17.8 Å². The lowest BCUT2D eigenvalue weighted by molar-refractivity contribution is -0.111. The Labute approximate surface area is 220 Å². The summed E-state index contributed by atoms with van der Waals surface area (Å²) in [6.07, 6.45) is -3.95. The fourth-order valence-electron chi connectivity index (χ4n) is 5.40. The van der Waals surface area contributed by atoms with Crippen LogP contribution in [-0.2, 0) is 17.6 Å². The molecule has 7 N–H and O–H groups in total. The number of ketones is 2.